The van der Waals surface area contributed by atoms with E-state index in [2.05, 4.69) is 10.1 Å². The predicted octanol–water partition coefficient (Wildman–Crippen LogP) is 5.18. The molecule has 0 saturated heterocycles. The summed E-state index contributed by atoms with van der Waals surface area (Å²) >= 11 is 0. The summed E-state index contributed by atoms with van der Waals surface area (Å²) in [4.78, 5) is 17.5. The van der Waals surface area contributed by atoms with Crippen molar-refractivity contribution in [2.45, 2.75) is 12.5 Å². The Kier molecular flexibility index (Phi) is 4.99. The van der Waals surface area contributed by atoms with Crippen LogP contribution in [0.5, 0.6) is 5.75 Å². The minimum absolute atomic E-state index is 0.0276. The number of pyridine rings is 1. The number of hydrazone groups is 1. The van der Waals surface area contributed by atoms with Crippen molar-refractivity contribution in [1.82, 2.24) is 9.99 Å². The molecule has 6 nitrogen and oxygen atoms in total. The molecular weight excluding hydrogens is 409 g/mol. The smallest absolute Gasteiger partial charge is 0.310 e. The second-order valence-corrected chi connectivity index (χ2v) is 7.36. The van der Waals surface area contributed by atoms with Crippen LogP contribution in [0.25, 0.3) is 11.3 Å². The highest BCUT2D eigenvalue weighted by atomic mass is 19.1. The van der Waals surface area contributed by atoms with Crippen LogP contribution < -0.4 is 0 Å². The molecule has 5 rings (SSSR count). The first-order valence-electron chi connectivity index (χ1n) is 10.1. The summed E-state index contributed by atoms with van der Waals surface area (Å²) in [5, 5.41) is 16.3. The van der Waals surface area contributed by atoms with Gasteiger partial charge in [0.1, 0.15) is 17.3 Å². The fourth-order valence-electron chi connectivity index (χ4n) is 3.79. The summed E-state index contributed by atoms with van der Waals surface area (Å²) in [6.07, 6.45) is 3.74. The zero-order valence-electron chi connectivity index (χ0n) is 16.9. The van der Waals surface area contributed by atoms with E-state index in [0.717, 1.165) is 5.56 Å². The van der Waals surface area contributed by atoms with Gasteiger partial charge in [-0.25, -0.2) is 9.40 Å². The maximum absolute atomic E-state index is 14.1. The van der Waals surface area contributed by atoms with Gasteiger partial charge >= 0.3 is 5.91 Å². The van der Waals surface area contributed by atoms with E-state index < -0.39 is 17.8 Å². The zero-order valence-corrected chi connectivity index (χ0v) is 16.9. The SMILES string of the molecule is O=C(c1ccc(-c2ccccc2F)o1)N1N=C(c2cccnc2)CC1c1ccccc1O. The van der Waals surface area contributed by atoms with Crippen LogP contribution in [0, 0.1) is 5.82 Å². The number of para-hydroxylation sites is 1. The molecule has 1 unspecified atom stereocenters. The number of rotatable bonds is 4. The maximum Gasteiger partial charge on any atom is 0.310 e. The summed E-state index contributed by atoms with van der Waals surface area (Å²) < 4.78 is 19.8. The van der Waals surface area contributed by atoms with Gasteiger partial charge in [0.25, 0.3) is 0 Å². The molecule has 3 heterocycles. The van der Waals surface area contributed by atoms with Gasteiger partial charge in [0.05, 0.1) is 17.3 Å². The van der Waals surface area contributed by atoms with Crippen molar-refractivity contribution < 1.29 is 18.7 Å². The molecule has 0 radical (unpaired) electrons. The lowest BCUT2D eigenvalue weighted by atomic mass is 9.98. The Morgan fingerprint density at radius 2 is 1.84 bits per heavy atom. The molecule has 2 aromatic carbocycles. The van der Waals surface area contributed by atoms with Crippen LogP contribution in [0.1, 0.15) is 34.1 Å². The van der Waals surface area contributed by atoms with E-state index >= 15 is 0 Å². The number of hydrogen-bond donors (Lipinski definition) is 1. The second-order valence-electron chi connectivity index (χ2n) is 7.36. The van der Waals surface area contributed by atoms with Gasteiger partial charge in [0, 0.05) is 29.9 Å². The van der Waals surface area contributed by atoms with E-state index in [0.29, 0.717) is 17.7 Å². The molecule has 0 aliphatic carbocycles. The molecule has 1 aliphatic rings. The minimum Gasteiger partial charge on any atom is -0.508 e. The first-order valence-corrected chi connectivity index (χ1v) is 10.1. The fourth-order valence-corrected chi connectivity index (χ4v) is 3.79. The molecule has 0 saturated carbocycles. The monoisotopic (exact) mass is 427 g/mol. The number of furan rings is 1. The molecule has 4 aromatic rings. The highest BCUT2D eigenvalue weighted by molar-refractivity contribution is 6.04. The van der Waals surface area contributed by atoms with E-state index in [-0.39, 0.29) is 22.8 Å². The largest absolute Gasteiger partial charge is 0.508 e. The molecule has 7 heteroatoms. The third-order valence-electron chi connectivity index (χ3n) is 5.37. The number of halogens is 1. The van der Waals surface area contributed by atoms with E-state index in [9.17, 15) is 14.3 Å². The standard InChI is InChI=1S/C25H18FN3O3/c26-19-9-3-1-7-17(19)23-11-12-24(32-23)25(31)29-21(18-8-2-4-10-22(18)30)14-20(28-29)16-6-5-13-27-15-16/h1-13,15,21,30H,14H2. The number of hydrogen-bond acceptors (Lipinski definition) is 5. The fraction of sp³-hybridized carbons (Fsp3) is 0.0800. The molecular formula is C25H18FN3O3. The normalized spacial score (nSPS) is 15.6. The van der Waals surface area contributed by atoms with Crippen molar-refractivity contribution in [2.24, 2.45) is 5.10 Å². The van der Waals surface area contributed by atoms with Crippen LogP contribution in [0.4, 0.5) is 4.39 Å². The summed E-state index contributed by atoms with van der Waals surface area (Å²) in [5.41, 5.74) is 2.30. The van der Waals surface area contributed by atoms with Crippen molar-refractivity contribution in [1.29, 1.82) is 0 Å². The van der Waals surface area contributed by atoms with Crippen LogP contribution in [0.2, 0.25) is 0 Å². The van der Waals surface area contributed by atoms with Crippen molar-refractivity contribution in [3.63, 3.8) is 0 Å². The van der Waals surface area contributed by atoms with Crippen molar-refractivity contribution >= 4 is 11.6 Å². The molecule has 158 valence electrons. The van der Waals surface area contributed by atoms with Gasteiger partial charge in [-0.15, -0.1) is 0 Å². The molecule has 0 fully saturated rings. The Bertz CT molecular complexity index is 1320. The number of phenols is 1. The lowest BCUT2D eigenvalue weighted by Crippen LogP contribution is -2.26. The second kappa shape index (κ2) is 8.11. The highest BCUT2D eigenvalue weighted by Crippen LogP contribution is 2.38. The number of amides is 1. The molecule has 1 N–H and O–H groups in total. The topological polar surface area (TPSA) is 78.9 Å². The number of phenolic OH excluding ortho intramolecular Hbond substituents is 1. The van der Waals surface area contributed by atoms with Gasteiger partial charge in [-0.3, -0.25) is 9.78 Å². The Balaban J connectivity index is 1.52. The quantitative estimate of drug-likeness (QED) is 0.487. The maximum atomic E-state index is 14.1. The molecule has 1 atom stereocenters. The van der Waals surface area contributed by atoms with E-state index in [4.69, 9.17) is 4.42 Å². The Morgan fingerprint density at radius 1 is 1.03 bits per heavy atom. The number of benzene rings is 2. The number of aromatic hydroxyl groups is 1. The third kappa shape index (κ3) is 3.54. The number of carbonyl (C=O) groups excluding carboxylic acids is 1. The Hall–Kier alpha value is -4.26. The van der Waals surface area contributed by atoms with Crippen LogP contribution in [-0.2, 0) is 0 Å². The molecule has 32 heavy (non-hydrogen) atoms. The Labute approximate surface area is 183 Å². The first-order chi connectivity index (χ1) is 15.6. The van der Waals surface area contributed by atoms with Gasteiger partial charge in [-0.2, -0.15) is 5.10 Å². The average molecular weight is 427 g/mol. The summed E-state index contributed by atoms with van der Waals surface area (Å²) in [6.45, 7) is 0. The molecule has 1 amide bonds. The van der Waals surface area contributed by atoms with E-state index in [1.54, 1.807) is 67.0 Å². The van der Waals surface area contributed by atoms with Crippen LogP contribution in [-0.4, -0.2) is 26.7 Å². The number of carbonyl (C=O) groups is 1. The first kappa shape index (κ1) is 19.7. The number of aromatic nitrogens is 1. The molecule has 0 bridgehead atoms. The van der Waals surface area contributed by atoms with Gasteiger partial charge in [-0.1, -0.05) is 36.4 Å². The minimum atomic E-state index is -0.527. The van der Waals surface area contributed by atoms with Crippen molar-refractivity contribution in [3.05, 3.63) is 108 Å². The van der Waals surface area contributed by atoms with Crippen molar-refractivity contribution in [3.8, 4) is 17.1 Å². The highest BCUT2D eigenvalue weighted by Gasteiger charge is 2.36. The van der Waals surface area contributed by atoms with Crippen LogP contribution in [0.15, 0.2) is 94.7 Å². The lowest BCUT2D eigenvalue weighted by molar-refractivity contribution is 0.0678. The van der Waals surface area contributed by atoms with E-state index in [1.807, 2.05) is 6.07 Å². The summed E-state index contributed by atoms with van der Waals surface area (Å²) in [5.74, 6) is -0.573. The van der Waals surface area contributed by atoms with Crippen molar-refractivity contribution in [2.75, 3.05) is 0 Å². The van der Waals surface area contributed by atoms with Gasteiger partial charge in [0.15, 0.2) is 5.76 Å². The lowest BCUT2D eigenvalue weighted by Gasteiger charge is -2.21. The zero-order chi connectivity index (χ0) is 22.1. The van der Waals surface area contributed by atoms with E-state index in [1.165, 1.54) is 17.1 Å². The Morgan fingerprint density at radius 3 is 2.62 bits per heavy atom. The third-order valence-corrected chi connectivity index (χ3v) is 5.37. The average Bonchev–Trinajstić information content (AvgIpc) is 3.48. The van der Waals surface area contributed by atoms with Gasteiger partial charge < -0.3 is 9.52 Å². The number of nitrogens with zero attached hydrogens (tertiary/aromatic N) is 3. The molecule has 0 spiro atoms. The predicted molar refractivity (Wildman–Crippen MR) is 117 cm³/mol. The molecule has 2 aromatic heterocycles. The van der Waals surface area contributed by atoms with Crippen LogP contribution in [0.3, 0.4) is 0 Å². The molecule has 1 aliphatic heterocycles. The van der Waals surface area contributed by atoms with Crippen LogP contribution >= 0.6 is 0 Å². The van der Waals surface area contributed by atoms with Gasteiger partial charge in [-0.05, 0) is 36.4 Å². The summed E-state index contributed by atoms with van der Waals surface area (Å²) in [7, 11) is 0. The van der Waals surface area contributed by atoms with Gasteiger partial charge in [0.2, 0.25) is 0 Å². The summed E-state index contributed by atoms with van der Waals surface area (Å²) in [6, 6.07) is 19.2.